The van der Waals surface area contributed by atoms with Gasteiger partial charge in [0, 0.05) is 0 Å². The highest BCUT2D eigenvalue weighted by Gasteiger charge is 2.28. The second kappa shape index (κ2) is 4.26. The summed E-state index contributed by atoms with van der Waals surface area (Å²) in [5, 5.41) is 0.518. The third kappa shape index (κ3) is 3.92. The first-order valence-electron chi connectivity index (χ1n) is 4.63. The molecule has 1 unspecified atom stereocenters. The van der Waals surface area contributed by atoms with Crippen LogP contribution in [0.15, 0.2) is 0 Å². The number of nitrogens with one attached hydrogen (secondary N) is 1. The highest BCUT2D eigenvalue weighted by atomic mass is 28.3. The minimum absolute atomic E-state index is 0.518. The fourth-order valence-electron chi connectivity index (χ4n) is 1.76. The van der Waals surface area contributed by atoms with E-state index >= 15 is 0 Å². The van der Waals surface area contributed by atoms with E-state index in [0.717, 1.165) is 12.1 Å². The van der Waals surface area contributed by atoms with Gasteiger partial charge in [0.05, 0.1) is 0 Å². The molecule has 0 amide bonds. The molecule has 1 N–H and O–H groups in total. The van der Waals surface area contributed by atoms with Crippen LogP contribution >= 0.6 is 0 Å². The molecule has 0 saturated carbocycles. The molecule has 68 valence electrons. The van der Waals surface area contributed by atoms with E-state index in [1.165, 1.54) is 0 Å². The molecule has 0 rings (SSSR count). The molecule has 0 heterocycles. The van der Waals surface area contributed by atoms with E-state index < -0.39 is 8.96 Å². The van der Waals surface area contributed by atoms with Crippen molar-refractivity contribution in [1.29, 1.82) is 0 Å². The SMILES string of the molecule is CCN[SiH](C(C)C)C(C)(C)C. The maximum atomic E-state index is 3.66. The summed E-state index contributed by atoms with van der Waals surface area (Å²) in [7, 11) is -0.745. The predicted molar refractivity (Wildman–Crippen MR) is 55.6 cm³/mol. The van der Waals surface area contributed by atoms with Gasteiger partial charge in [-0.15, -0.1) is 0 Å². The van der Waals surface area contributed by atoms with Crippen LogP contribution in [0.3, 0.4) is 0 Å². The average Bonchev–Trinajstić information content (AvgIpc) is 1.79. The Hall–Kier alpha value is 0.177. The van der Waals surface area contributed by atoms with Crippen molar-refractivity contribution in [3.8, 4) is 0 Å². The van der Waals surface area contributed by atoms with Gasteiger partial charge in [-0.05, 0) is 17.1 Å². The van der Waals surface area contributed by atoms with Crippen LogP contribution in [0.1, 0.15) is 41.5 Å². The van der Waals surface area contributed by atoms with Gasteiger partial charge in [0.1, 0.15) is 8.96 Å². The first kappa shape index (κ1) is 11.2. The van der Waals surface area contributed by atoms with Crippen molar-refractivity contribution in [2.24, 2.45) is 0 Å². The molecule has 0 aromatic rings. The van der Waals surface area contributed by atoms with Gasteiger partial charge in [-0.25, -0.2) is 0 Å². The van der Waals surface area contributed by atoms with Crippen LogP contribution in [0.4, 0.5) is 0 Å². The molecular weight excluding hydrogens is 150 g/mol. The lowest BCUT2D eigenvalue weighted by atomic mass is 10.2. The topological polar surface area (TPSA) is 12.0 Å². The predicted octanol–water partition coefficient (Wildman–Crippen LogP) is 2.53. The van der Waals surface area contributed by atoms with Crippen LogP contribution in [-0.2, 0) is 0 Å². The van der Waals surface area contributed by atoms with Gasteiger partial charge in [-0.3, -0.25) is 0 Å². The number of hydrogen-bond donors (Lipinski definition) is 1. The van der Waals surface area contributed by atoms with Gasteiger partial charge in [-0.2, -0.15) is 0 Å². The van der Waals surface area contributed by atoms with Gasteiger partial charge in [-0.1, -0.05) is 41.5 Å². The summed E-state index contributed by atoms with van der Waals surface area (Å²) < 4.78 is 0. The maximum absolute atomic E-state index is 3.66. The van der Waals surface area contributed by atoms with E-state index in [4.69, 9.17) is 0 Å². The summed E-state index contributed by atoms with van der Waals surface area (Å²) in [5.41, 5.74) is 0.856. The summed E-state index contributed by atoms with van der Waals surface area (Å²) in [6, 6.07) is 0. The van der Waals surface area contributed by atoms with E-state index in [1.807, 2.05) is 0 Å². The Morgan fingerprint density at radius 3 is 1.82 bits per heavy atom. The normalized spacial score (nSPS) is 15.5. The quantitative estimate of drug-likeness (QED) is 0.647. The van der Waals surface area contributed by atoms with E-state index in [9.17, 15) is 0 Å². The fraction of sp³-hybridized carbons (Fsp3) is 1.00. The molecular formula is C9H23NSi. The molecule has 1 nitrogen and oxygen atoms in total. The second-order valence-corrected chi connectivity index (χ2v) is 9.07. The second-order valence-electron chi connectivity index (χ2n) is 4.65. The summed E-state index contributed by atoms with van der Waals surface area (Å²) in [4.78, 5) is 3.66. The summed E-state index contributed by atoms with van der Waals surface area (Å²) in [6.07, 6.45) is 0. The Morgan fingerprint density at radius 2 is 1.73 bits per heavy atom. The molecule has 2 heteroatoms. The molecule has 0 aromatic carbocycles. The van der Waals surface area contributed by atoms with Crippen LogP contribution in [0.25, 0.3) is 0 Å². The zero-order chi connectivity index (χ0) is 9.07. The van der Waals surface area contributed by atoms with E-state index in [0.29, 0.717) is 5.04 Å². The van der Waals surface area contributed by atoms with Crippen LogP contribution < -0.4 is 4.98 Å². The van der Waals surface area contributed by atoms with Crippen molar-refractivity contribution < 1.29 is 0 Å². The average molecular weight is 173 g/mol. The largest absolute Gasteiger partial charge is 0.339 e. The lowest BCUT2D eigenvalue weighted by Gasteiger charge is -2.32. The Bertz CT molecular complexity index is 105. The van der Waals surface area contributed by atoms with Gasteiger partial charge in [0.25, 0.3) is 0 Å². The molecule has 0 bridgehead atoms. The Morgan fingerprint density at radius 1 is 1.27 bits per heavy atom. The zero-order valence-corrected chi connectivity index (χ0v) is 10.0. The third-order valence-electron chi connectivity index (χ3n) is 2.02. The summed E-state index contributed by atoms with van der Waals surface area (Å²) in [5.74, 6) is 0. The van der Waals surface area contributed by atoms with Crippen molar-refractivity contribution in [2.45, 2.75) is 52.1 Å². The molecule has 0 aliphatic carbocycles. The molecule has 0 radical (unpaired) electrons. The highest BCUT2D eigenvalue weighted by molar-refractivity contribution is 6.60. The van der Waals surface area contributed by atoms with Gasteiger partial charge in [0.15, 0.2) is 0 Å². The molecule has 0 aliphatic heterocycles. The van der Waals surface area contributed by atoms with Crippen molar-refractivity contribution in [2.75, 3.05) is 6.54 Å². The molecule has 0 fully saturated rings. The van der Waals surface area contributed by atoms with Crippen LogP contribution in [0.5, 0.6) is 0 Å². The Kier molecular flexibility index (Phi) is 4.33. The highest BCUT2D eigenvalue weighted by Crippen LogP contribution is 2.31. The molecule has 0 saturated heterocycles. The van der Waals surface area contributed by atoms with Crippen molar-refractivity contribution in [3.63, 3.8) is 0 Å². The van der Waals surface area contributed by atoms with Gasteiger partial charge >= 0.3 is 0 Å². The van der Waals surface area contributed by atoms with E-state index in [-0.39, 0.29) is 0 Å². The van der Waals surface area contributed by atoms with Gasteiger partial charge < -0.3 is 4.98 Å². The van der Waals surface area contributed by atoms with Crippen molar-refractivity contribution >= 4 is 8.96 Å². The minimum Gasteiger partial charge on any atom is -0.339 e. The van der Waals surface area contributed by atoms with Gasteiger partial charge in [0.2, 0.25) is 0 Å². The number of rotatable bonds is 3. The summed E-state index contributed by atoms with van der Waals surface area (Å²) >= 11 is 0. The van der Waals surface area contributed by atoms with Crippen LogP contribution in [0.2, 0.25) is 10.6 Å². The first-order valence-corrected chi connectivity index (χ1v) is 6.45. The molecule has 1 atom stereocenters. The molecule has 0 aliphatic rings. The standard InChI is InChI=1S/C9H23NSi/c1-7-10-11(8(2)3)9(4,5)6/h8,10-11H,7H2,1-6H3. The van der Waals surface area contributed by atoms with Crippen molar-refractivity contribution in [1.82, 2.24) is 4.98 Å². The van der Waals surface area contributed by atoms with E-state index in [2.05, 4.69) is 46.5 Å². The zero-order valence-electron chi connectivity index (χ0n) is 8.86. The molecule has 11 heavy (non-hydrogen) atoms. The first-order chi connectivity index (χ1) is 4.89. The lowest BCUT2D eigenvalue weighted by Crippen LogP contribution is -2.43. The summed E-state index contributed by atoms with van der Waals surface area (Å²) in [6.45, 7) is 15.1. The Balaban J connectivity index is 4.10. The fourth-order valence-corrected chi connectivity index (χ4v) is 5.29. The monoisotopic (exact) mass is 173 g/mol. The van der Waals surface area contributed by atoms with Crippen LogP contribution in [0, 0.1) is 0 Å². The minimum atomic E-state index is -0.745. The molecule has 0 spiro atoms. The maximum Gasteiger partial charge on any atom is 0.116 e. The van der Waals surface area contributed by atoms with Crippen molar-refractivity contribution in [3.05, 3.63) is 0 Å². The smallest absolute Gasteiger partial charge is 0.116 e. The number of hydrogen-bond acceptors (Lipinski definition) is 1. The lowest BCUT2D eigenvalue weighted by molar-refractivity contribution is 0.685. The Labute approximate surface area is 73.3 Å². The van der Waals surface area contributed by atoms with E-state index in [1.54, 1.807) is 0 Å². The van der Waals surface area contributed by atoms with Crippen LogP contribution in [-0.4, -0.2) is 15.5 Å². The molecule has 0 aromatic heterocycles. The third-order valence-corrected chi connectivity index (χ3v) is 6.07.